The molecule has 0 radical (unpaired) electrons. The molecule has 2 aromatic rings. The highest BCUT2D eigenvalue weighted by Gasteiger charge is 2.41. The summed E-state index contributed by atoms with van der Waals surface area (Å²) in [7, 11) is 0. The number of ether oxygens (including phenoxy) is 1. The van der Waals surface area contributed by atoms with Crippen LogP contribution in [0.15, 0.2) is 30.3 Å². The Balaban J connectivity index is 2.23. The summed E-state index contributed by atoms with van der Waals surface area (Å²) in [5.41, 5.74) is -0.868. The average Bonchev–Trinajstić information content (AvgIpc) is 2.91. The highest BCUT2D eigenvalue weighted by molar-refractivity contribution is 5.84. The number of halogens is 2. The van der Waals surface area contributed by atoms with Gasteiger partial charge in [0.1, 0.15) is 17.2 Å². The number of carbonyl (C=O) groups is 1. The number of hydrogen-bond acceptors (Lipinski definition) is 2. The predicted molar refractivity (Wildman–Crippen MR) is 75.8 cm³/mol. The lowest BCUT2D eigenvalue weighted by Crippen LogP contribution is -2.30. The van der Waals surface area contributed by atoms with Gasteiger partial charge in [-0.3, -0.25) is 4.79 Å². The van der Waals surface area contributed by atoms with Crippen molar-refractivity contribution in [2.75, 3.05) is 0 Å². The fraction of sp³-hybridized carbons (Fsp3) is 0.353. The molecule has 110 valence electrons. The lowest BCUT2D eigenvalue weighted by Gasteiger charge is -2.30. The molecule has 0 amide bonds. The molecule has 0 saturated heterocycles. The van der Waals surface area contributed by atoms with Crippen LogP contribution in [0.4, 0.5) is 8.78 Å². The highest BCUT2D eigenvalue weighted by Crippen LogP contribution is 2.44. The first-order valence-electron chi connectivity index (χ1n) is 7.10. The van der Waals surface area contributed by atoms with Gasteiger partial charge in [0.15, 0.2) is 0 Å². The normalized spacial score (nSPS) is 17.1. The summed E-state index contributed by atoms with van der Waals surface area (Å²) in [4.78, 5) is 11.4. The third-order valence-electron chi connectivity index (χ3n) is 4.17. The van der Waals surface area contributed by atoms with E-state index in [-0.39, 0.29) is 16.3 Å². The number of esters is 1. The molecule has 2 aromatic carbocycles. The van der Waals surface area contributed by atoms with Crippen LogP contribution in [0.5, 0.6) is 0 Å². The zero-order valence-corrected chi connectivity index (χ0v) is 11.8. The van der Waals surface area contributed by atoms with Crippen LogP contribution in [0.1, 0.15) is 38.2 Å². The second kappa shape index (κ2) is 5.10. The maximum absolute atomic E-state index is 14.8. The van der Waals surface area contributed by atoms with Crippen molar-refractivity contribution >= 4 is 16.7 Å². The highest BCUT2D eigenvalue weighted by atomic mass is 19.1. The van der Waals surface area contributed by atoms with Crippen molar-refractivity contribution in [2.24, 2.45) is 0 Å². The molecule has 1 saturated carbocycles. The Morgan fingerprint density at radius 2 is 1.76 bits per heavy atom. The third kappa shape index (κ3) is 2.28. The molecular formula is C17H16F2O2. The van der Waals surface area contributed by atoms with Gasteiger partial charge in [-0.25, -0.2) is 8.78 Å². The summed E-state index contributed by atoms with van der Waals surface area (Å²) in [5.74, 6) is -1.44. The Morgan fingerprint density at radius 3 is 2.38 bits per heavy atom. The first-order valence-corrected chi connectivity index (χ1v) is 7.10. The molecule has 0 bridgehead atoms. The number of rotatable bonds is 2. The fourth-order valence-electron chi connectivity index (χ4n) is 3.27. The van der Waals surface area contributed by atoms with E-state index in [0.717, 1.165) is 12.8 Å². The average molecular weight is 290 g/mol. The molecule has 0 atom stereocenters. The molecule has 0 aliphatic heterocycles. The molecule has 3 rings (SSSR count). The maximum Gasteiger partial charge on any atom is 0.303 e. The van der Waals surface area contributed by atoms with Crippen molar-refractivity contribution < 1.29 is 18.3 Å². The monoisotopic (exact) mass is 290 g/mol. The summed E-state index contributed by atoms with van der Waals surface area (Å²) in [6.45, 7) is 1.30. The summed E-state index contributed by atoms with van der Waals surface area (Å²) in [5, 5.41) is 0.473. The third-order valence-corrected chi connectivity index (χ3v) is 4.17. The summed E-state index contributed by atoms with van der Waals surface area (Å²) in [6, 6.07) is 7.62. The minimum absolute atomic E-state index is 0.159. The van der Waals surface area contributed by atoms with E-state index in [4.69, 9.17) is 4.74 Å². The second-order valence-corrected chi connectivity index (χ2v) is 5.56. The minimum Gasteiger partial charge on any atom is -0.454 e. The number of benzene rings is 2. The molecule has 2 nitrogen and oxygen atoms in total. The van der Waals surface area contributed by atoms with Crippen LogP contribution < -0.4 is 0 Å². The zero-order valence-electron chi connectivity index (χ0n) is 11.8. The standard InChI is InChI=1S/C17H16F2O2/c1-11(20)21-17(8-4-5-9-17)14-10-15(18)12-6-2-3-7-13(12)16(14)19/h2-3,6-7,10H,4-5,8-9H2,1H3. The van der Waals surface area contributed by atoms with E-state index in [9.17, 15) is 13.6 Å². The van der Waals surface area contributed by atoms with Gasteiger partial charge < -0.3 is 4.74 Å². The Hall–Kier alpha value is -1.97. The van der Waals surface area contributed by atoms with Crippen molar-refractivity contribution in [3.63, 3.8) is 0 Å². The van der Waals surface area contributed by atoms with Gasteiger partial charge in [0, 0.05) is 23.3 Å². The van der Waals surface area contributed by atoms with E-state index in [1.165, 1.54) is 13.0 Å². The zero-order chi connectivity index (χ0) is 15.0. The molecule has 1 aliphatic rings. The van der Waals surface area contributed by atoms with E-state index < -0.39 is 23.2 Å². The summed E-state index contributed by atoms with van der Waals surface area (Å²) < 4.78 is 34.5. The van der Waals surface area contributed by atoms with E-state index in [2.05, 4.69) is 0 Å². The van der Waals surface area contributed by atoms with Crippen LogP contribution >= 0.6 is 0 Å². The van der Waals surface area contributed by atoms with Gasteiger partial charge in [-0.1, -0.05) is 24.3 Å². The second-order valence-electron chi connectivity index (χ2n) is 5.56. The maximum atomic E-state index is 14.8. The largest absolute Gasteiger partial charge is 0.454 e. The van der Waals surface area contributed by atoms with Gasteiger partial charge in [-0.15, -0.1) is 0 Å². The molecular weight excluding hydrogens is 274 g/mol. The molecule has 0 spiro atoms. The summed E-state index contributed by atoms with van der Waals surface area (Å²) in [6.07, 6.45) is 2.73. The molecule has 21 heavy (non-hydrogen) atoms. The summed E-state index contributed by atoms with van der Waals surface area (Å²) >= 11 is 0. The van der Waals surface area contributed by atoms with E-state index in [1.807, 2.05) is 0 Å². The molecule has 1 fully saturated rings. The van der Waals surface area contributed by atoms with E-state index in [0.29, 0.717) is 12.8 Å². The SMILES string of the molecule is CC(=O)OC1(c2cc(F)c3ccccc3c2F)CCCC1. The van der Waals surface area contributed by atoms with Gasteiger partial charge in [0.25, 0.3) is 0 Å². The fourth-order valence-corrected chi connectivity index (χ4v) is 3.27. The van der Waals surface area contributed by atoms with Crippen LogP contribution in [-0.2, 0) is 15.1 Å². The quantitative estimate of drug-likeness (QED) is 0.764. The van der Waals surface area contributed by atoms with Gasteiger partial charge in [-0.05, 0) is 31.7 Å². The molecule has 0 aromatic heterocycles. The van der Waals surface area contributed by atoms with Gasteiger partial charge >= 0.3 is 5.97 Å². The van der Waals surface area contributed by atoms with Crippen LogP contribution in [0.2, 0.25) is 0 Å². The molecule has 1 aliphatic carbocycles. The van der Waals surface area contributed by atoms with Crippen molar-refractivity contribution in [3.8, 4) is 0 Å². The van der Waals surface area contributed by atoms with Gasteiger partial charge in [0.2, 0.25) is 0 Å². The Kier molecular flexibility index (Phi) is 3.40. The van der Waals surface area contributed by atoms with Crippen molar-refractivity contribution in [1.29, 1.82) is 0 Å². The Bertz CT molecular complexity index is 703. The molecule has 0 unspecified atom stereocenters. The topological polar surface area (TPSA) is 26.3 Å². The van der Waals surface area contributed by atoms with E-state index in [1.54, 1.807) is 24.3 Å². The molecule has 4 heteroatoms. The van der Waals surface area contributed by atoms with Crippen LogP contribution in [-0.4, -0.2) is 5.97 Å². The predicted octanol–water partition coefficient (Wildman–Crippen LogP) is 4.45. The Labute approximate surface area is 121 Å². The number of fused-ring (bicyclic) bond motifs is 1. The van der Waals surface area contributed by atoms with Crippen LogP contribution in [0.3, 0.4) is 0 Å². The molecule has 0 N–H and O–H groups in total. The lowest BCUT2D eigenvalue weighted by molar-refractivity contribution is -0.158. The van der Waals surface area contributed by atoms with Crippen LogP contribution in [0, 0.1) is 11.6 Å². The van der Waals surface area contributed by atoms with Crippen molar-refractivity contribution in [2.45, 2.75) is 38.2 Å². The van der Waals surface area contributed by atoms with Crippen molar-refractivity contribution in [3.05, 3.63) is 47.5 Å². The minimum atomic E-state index is -1.03. The Morgan fingerprint density at radius 1 is 1.14 bits per heavy atom. The van der Waals surface area contributed by atoms with Crippen LogP contribution in [0.25, 0.3) is 10.8 Å². The number of carbonyl (C=O) groups excluding carboxylic acids is 1. The lowest BCUT2D eigenvalue weighted by atomic mass is 9.89. The molecule has 0 heterocycles. The van der Waals surface area contributed by atoms with Crippen molar-refractivity contribution in [1.82, 2.24) is 0 Å². The van der Waals surface area contributed by atoms with E-state index >= 15 is 0 Å². The van der Waals surface area contributed by atoms with Gasteiger partial charge in [-0.2, -0.15) is 0 Å². The first kappa shape index (κ1) is 14.0. The van der Waals surface area contributed by atoms with Gasteiger partial charge in [0.05, 0.1) is 0 Å². The smallest absolute Gasteiger partial charge is 0.303 e. The first-order chi connectivity index (χ1) is 10.0. The number of hydrogen-bond donors (Lipinski definition) is 0.